The van der Waals surface area contributed by atoms with Crippen LogP contribution in [-0.4, -0.2) is 77.7 Å². The van der Waals surface area contributed by atoms with Gasteiger partial charge in [-0.15, -0.1) is 10.2 Å². The Morgan fingerprint density at radius 2 is 0.659 bits per heavy atom. The van der Waals surface area contributed by atoms with Crippen LogP contribution < -0.4 is 0 Å². The van der Waals surface area contributed by atoms with Crippen molar-refractivity contribution in [3.05, 3.63) is 124 Å². The lowest BCUT2D eigenvalue weighted by molar-refractivity contribution is 0.406. The van der Waals surface area contributed by atoms with E-state index in [1.165, 1.54) is 11.8 Å². The van der Waals surface area contributed by atoms with Crippen LogP contribution in [0.3, 0.4) is 0 Å². The Morgan fingerprint density at radius 1 is 0.297 bits per heavy atom. The van der Waals surface area contributed by atoms with Crippen molar-refractivity contribution in [2.24, 2.45) is 32.5 Å². The van der Waals surface area contributed by atoms with Crippen molar-refractivity contribution in [3.63, 3.8) is 0 Å². The van der Waals surface area contributed by atoms with Gasteiger partial charge < -0.3 is 18.3 Å². The van der Waals surface area contributed by atoms with Crippen LogP contribution in [0.2, 0.25) is 0 Å². The smallest absolute Gasteiger partial charge is 0.180 e. The first-order valence-electron chi connectivity index (χ1n) is 32.0. The van der Waals surface area contributed by atoms with Crippen LogP contribution in [0.1, 0.15) is 249 Å². The summed E-state index contributed by atoms with van der Waals surface area (Å²) in [5, 5.41) is 7.55. The third kappa shape index (κ3) is 41.9. The number of pyridine rings is 2. The Bertz CT molecular complexity index is 3060. The van der Waals surface area contributed by atoms with Gasteiger partial charge in [-0.1, -0.05) is 184 Å². The molecule has 0 saturated carbocycles. The summed E-state index contributed by atoms with van der Waals surface area (Å²) in [6.07, 6.45) is 19.3. The van der Waals surface area contributed by atoms with Crippen molar-refractivity contribution < 1.29 is 0 Å². The predicted octanol–water partition coefficient (Wildman–Crippen LogP) is 21.2. The lowest BCUT2D eigenvalue weighted by Crippen LogP contribution is -2.20. The van der Waals surface area contributed by atoms with E-state index < -0.39 is 0 Å². The Morgan fingerprint density at radius 3 is 1.12 bits per heavy atom. The molecular weight excluding hydrogens is 1120 g/mol. The molecule has 0 amide bonds. The van der Waals surface area contributed by atoms with E-state index in [0.717, 1.165) is 44.7 Å². The zero-order chi connectivity index (χ0) is 71.0. The van der Waals surface area contributed by atoms with E-state index in [4.69, 9.17) is 0 Å². The maximum Gasteiger partial charge on any atom is 0.180 e. The summed E-state index contributed by atoms with van der Waals surface area (Å²) in [6.45, 7) is 78.2. The Hall–Kier alpha value is -6.97. The summed E-state index contributed by atoms with van der Waals surface area (Å²) in [5.74, 6) is 0. The Kier molecular flexibility index (Phi) is 32.5. The lowest BCUT2D eigenvalue weighted by atomic mass is 10.0. The van der Waals surface area contributed by atoms with E-state index >= 15 is 0 Å². The van der Waals surface area contributed by atoms with E-state index in [1.807, 2.05) is 76.4 Å². The molecule has 9 heterocycles. The molecule has 0 aliphatic carbocycles. The Labute approximate surface area is 552 Å². The molecule has 0 spiro atoms. The van der Waals surface area contributed by atoms with Crippen molar-refractivity contribution in [3.8, 4) is 0 Å². The number of fused-ring (bicyclic) bond motifs is 5. The summed E-state index contributed by atoms with van der Waals surface area (Å²) in [5.41, 5.74) is 11.8. The fourth-order valence-corrected chi connectivity index (χ4v) is 6.20. The van der Waals surface area contributed by atoms with Gasteiger partial charge in [0.15, 0.2) is 22.6 Å². The molecule has 91 heavy (non-hydrogen) atoms. The van der Waals surface area contributed by atoms with Gasteiger partial charge >= 0.3 is 0 Å². The summed E-state index contributed by atoms with van der Waals surface area (Å²) < 4.78 is 10.3. The quantitative estimate of drug-likeness (QED) is 0.142. The molecule has 0 fully saturated rings. The SMILES string of the molecule is CC(C)(C)C.CC(C)(C)C.CC(C)(C)C.CC(C)(C)C.CC(C)(C)C.CC(C)(C)C.CC(C)(C)n1cnc2ccccc21.CC(C)(C)n1cnc2cncnc21.CC(C)(C)n1cnc2ncccc21.CC(C)(C)n1cnc2ncncc21.c1ccn2cnnc2c1. The van der Waals surface area contributed by atoms with Crippen LogP contribution in [0.4, 0.5) is 0 Å². The lowest BCUT2D eigenvalue weighted by Gasteiger charge is -2.21. The first-order chi connectivity index (χ1) is 40.8. The average molecular weight is 1250 g/mol. The van der Waals surface area contributed by atoms with Gasteiger partial charge in [-0.05, 0) is 152 Å². The van der Waals surface area contributed by atoms with Crippen LogP contribution in [0.25, 0.3) is 50.2 Å². The van der Waals surface area contributed by atoms with Gasteiger partial charge in [0.2, 0.25) is 0 Å². The molecule has 0 saturated heterocycles. The number of aromatic nitrogens is 16. The summed E-state index contributed by atoms with van der Waals surface area (Å²) in [4.78, 5) is 37.4. The second kappa shape index (κ2) is 35.2. The molecule has 10 aromatic rings. The maximum absolute atomic E-state index is 4.35. The van der Waals surface area contributed by atoms with E-state index in [-0.39, 0.29) is 22.2 Å². The third-order valence-corrected chi connectivity index (χ3v) is 9.31. The minimum Gasteiger partial charge on any atom is -0.325 e. The highest BCUT2D eigenvalue weighted by Crippen LogP contribution is 2.24. The van der Waals surface area contributed by atoms with Gasteiger partial charge in [0.1, 0.15) is 30.0 Å². The summed E-state index contributed by atoms with van der Waals surface area (Å²) in [6, 6.07) is 18.0. The molecule has 9 aromatic heterocycles. The van der Waals surface area contributed by atoms with E-state index in [9.17, 15) is 0 Å². The van der Waals surface area contributed by atoms with Crippen LogP contribution >= 0.6 is 0 Å². The fraction of sp³-hybridized carbons (Fsp3) is 0.613. The van der Waals surface area contributed by atoms with Crippen molar-refractivity contribution in [2.45, 2.75) is 271 Å². The number of para-hydroxylation sites is 2. The molecular formula is C75H128N16. The zero-order valence-corrected chi connectivity index (χ0v) is 64.2. The van der Waals surface area contributed by atoms with Gasteiger partial charge in [0.25, 0.3) is 0 Å². The van der Waals surface area contributed by atoms with E-state index in [1.54, 1.807) is 43.9 Å². The number of benzene rings is 1. The number of hydrogen-bond donors (Lipinski definition) is 0. The van der Waals surface area contributed by atoms with Crippen LogP contribution in [0.5, 0.6) is 0 Å². The first kappa shape index (κ1) is 84.0. The van der Waals surface area contributed by atoms with Crippen LogP contribution in [-0.2, 0) is 22.2 Å². The minimum absolute atomic E-state index is 0.0170. The normalized spacial score (nSPS) is 12.0. The predicted molar refractivity (Wildman–Crippen MR) is 392 cm³/mol. The largest absolute Gasteiger partial charge is 0.325 e. The van der Waals surface area contributed by atoms with Crippen molar-refractivity contribution >= 4 is 50.2 Å². The molecule has 16 nitrogen and oxygen atoms in total. The second-order valence-electron chi connectivity index (χ2n) is 36.2. The molecule has 0 N–H and O–H groups in total. The molecule has 0 aliphatic heterocycles. The molecule has 0 radical (unpaired) electrons. The van der Waals surface area contributed by atoms with Crippen molar-refractivity contribution in [1.29, 1.82) is 0 Å². The maximum atomic E-state index is 4.35. The first-order valence-corrected chi connectivity index (χ1v) is 32.0. The molecule has 0 unspecified atom stereocenters. The molecule has 1 aromatic carbocycles. The summed E-state index contributed by atoms with van der Waals surface area (Å²) >= 11 is 0. The molecule has 0 bridgehead atoms. The van der Waals surface area contributed by atoms with Crippen molar-refractivity contribution in [2.75, 3.05) is 0 Å². The molecule has 0 atom stereocenters. The standard InChI is InChI=1S/C11H14N2.C10H13N3.2C9H12N4.C6H5N3.6C5H12/c1-11(2,3)13-8-12-9-6-4-5-7-10(9)13;1-10(2,3)13-7-12-9-8(13)5-4-6-11-9;1-9(2,3)13-6-12-8-7(13)4-10-5-11-8;1-9(2,3)13-6-12-7-4-10-5-11-8(7)13;1-2-4-9-5-7-8-6(9)3-1;6*1-5(2,3)4/h4-8H,1-3H3;4-7H,1-3H3;2*4-6H,1-3H3;1-5H;6*1-4H3. The van der Waals surface area contributed by atoms with Crippen LogP contribution in [0, 0.1) is 32.5 Å². The minimum atomic E-state index is 0.0170. The van der Waals surface area contributed by atoms with Gasteiger partial charge in [-0.3, -0.25) is 4.40 Å². The van der Waals surface area contributed by atoms with E-state index in [2.05, 4.69) is 324 Å². The van der Waals surface area contributed by atoms with Gasteiger partial charge in [-0.25, -0.2) is 44.9 Å². The highest BCUT2D eigenvalue weighted by atomic mass is 15.2. The highest BCUT2D eigenvalue weighted by molar-refractivity contribution is 5.75. The number of nitrogens with zero attached hydrogens (tertiary/aromatic N) is 16. The number of imidazole rings is 4. The third-order valence-electron chi connectivity index (χ3n) is 9.31. The molecule has 10 rings (SSSR count). The Balaban J connectivity index is 0.00000101. The van der Waals surface area contributed by atoms with Crippen LogP contribution in [0.15, 0.2) is 124 Å². The monoisotopic (exact) mass is 1250 g/mol. The van der Waals surface area contributed by atoms with Gasteiger partial charge in [-0.2, -0.15) is 0 Å². The van der Waals surface area contributed by atoms with E-state index in [0.29, 0.717) is 32.5 Å². The molecule has 508 valence electrons. The second-order valence-corrected chi connectivity index (χ2v) is 36.2. The molecule has 16 heteroatoms. The highest BCUT2D eigenvalue weighted by Gasteiger charge is 2.19. The number of rotatable bonds is 0. The van der Waals surface area contributed by atoms with Gasteiger partial charge in [0.05, 0.1) is 54.3 Å². The zero-order valence-electron chi connectivity index (χ0n) is 64.2. The average Bonchev–Trinajstić information content (AvgIpc) is 1.74. The molecule has 0 aliphatic rings. The van der Waals surface area contributed by atoms with Gasteiger partial charge in [0, 0.05) is 34.5 Å². The fourth-order valence-electron chi connectivity index (χ4n) is 6.20. The summed E-state index contributed by atoms with van der Waals surface area (Å²) in [7, 11) is 0. The topological polar surface area (TPSA) is 166 Å². The van der Waals surface area contributed by atoms with Crippen molar-refractivity contribution in [1.82, 2.24) is 77.7 Å². The number of hydrogen-bond acceptors (Lipinski definition) is 11.